The summed E-state index contributed by atoms with van der Waals surface area (Å²) < 4.78 is 30.6. The smallest absolute Gasteiger partial charge is 0.496 e. The number of benzene rings is 7. The van der Waals surface area contributed by atoms with Crippen LogP contribution in [0.2, 0.25) is 0 Å². The van der Waals surface area contributed by atoms with Crippen LogP contribution in [0.1, 0.15) is 424 Å². The normalized spacial score (nSPS) is 11.4. The van der Waals surface area contributed by atoms with Gasteiger partial charge in [0.1, 0.15) is 27.4 Å². The van der Waals surface area contributed by atoms with Crippen molar-refractivity contribution in [3.05, 3.63) is 209 Å². The summed E-state index contributed by atoms with van der Waals surface area (Å²) in [4.78, 5) is 0. The summed E-state index contributed by atoms with van der Waals surface area (Å²) in [5, 5.41) is 5.11. The average molecular weight is 2070 g/mol. The molecule has 5 nitrogen and oxygen atoms in total. The van der Waals surface area contributed by atoms with Gasteiger partial charge < -0.3 is 68.2 Å². The fourth-order valence-electron chi connectivity index (χ4n) is 17.5. The predicted molar refractivity (Wildman–Crippen MR) is 578 cm³/mol. The molecule has 126 heavy (non-hydrogen) atoms. The van der Waals surface area contributed by atoms with Gasteiger partial charge in [0.25, 0.3) is 0 Å². The second-order valence-electron chi connectivity index (χ2n) is 42.0. The van der Waals surface area contributed by atoms with E-state index in [1.165, 1.54) is 143 Å². The van der Waals surface area contributed by atoms with Crippen molar-refractivity contribution >= 4 is 39.7 Å². The van der Waals surface area contributed by atoms with E-state index in [0.29, 0.717) is 53.3 Å². The monoisotopic (exact) mass is 2070 g/mol. The Morgan fingerprint density at radius 3 is 0.619 bits per heavy atom. The Morgan fingerprint density at radius 1 is 0.254 bits per heavy atom. The molecule has 0 aliphatic rings. The zero-order valence-electron chi connectivity index (χ0n) is 91.5. The molecule has 7 aromatic rings. The van der Waals surface area contributed by atoms with Gasteiger partial charge in [0.15, 0.2) is 17.2 Å². The van der Waals surface area contributed by atoms with E-state index in [-0.39, 0.29) is 137 Å². The van der Waals surface area contributed by atoms with Gasteiger partial charge in [-0.1, -0.05) is 258 Å². The average Bonchev–Trinajstić information content (AvgIpc) is 0.746. The van der Waals surface area contributed by atoms with E-state index in [0.717, 1.165) is 28.7 Å². The number of rotatable bonds is 23. The van der Waals surface area contributed by atoms with E-state index in [1.54, 1.807) is 0 Å². The van der Waals surface area contributed by atoms with Gasteiger partial charge in [-0.15, -0.1) is 0 Å². The van der Waals surface area contributed by atoms with E-state index in [1.807, 2.05) is 35.5 Å². The minimum absolute atomic E-state index is 0. The predicted octanol–water partition coefficient (Wildman–Crippen LogP) is 36.4. The number of hydrogen-bond donors (Lipinski definition) is 0. The van der Waals surface area contributed by atoms with Crippen LogP contribution in [0.5, 0.6) is 28.7 Å². The molecule has 7 aromatic carbocycles. The van der Waals surface area contributed by atoms with Crippen LogP contribution in [0.3, 0.4) is 0 Å². The van der Waals surface area contributed by atoms with Crippen LogP contribution in [0.15, 0.2) is 103 Å². The fourth-order valence-corrected chi connectivity index (χ4v) is 31.6. The summed E-state index contributed by atoms with van der Waals surface area (Å²) in [6.07, 6.45) is 6.34. The van der Waals surface area contributed by atoms with E-state index < -0.39 is 23.8 Å². The molecule has 0 atom stereocenters. The van der Waals surface area contributed by atoms with Crippen LogP contribution in [-0.4, -0.2) is 66.5 Å². The molecule has 730 valence electrons. The van der Waals surface area contributed by atoms with Crippen molar-refractivity contribution in [2.24, 2.45) is 0 Å². The van der Waals surface area contributed by atoms with Gasteiger partial charge in [0.2, 0.25) is 0 Å². The first-order valence-corrected chi connectivity index (χ1v) is 49.8. The topological polar surface area (TPSA) is 46.2 Å². The third-order valence-corrected chi connectivity index (χ3v) is 34.0. The van der Waals surface area contributed by atoms with Crippen molar-refractivity contribution < 1.29 is 85.0 Å². The Bertz CT molecular complexity index is 3860. The first-order chi connectivity index (χ1) is 53.9. The van der Waals surface area contributed by atoms with E-state index in [4.69, 9.17) is 23.7 Å². The summed E-state index contributed by atoms with van der Waals surface area (Å²) >= 11 is 0. The number of hydrogen-bond acceptors (Lipinski definition) is 5. The molecule has 0 saturated carbocycles. The molecule has 0 aromatic heterocycles. The van der Waals surface area contributed by atoms with Gasteiger partial charge in [0, 0.05) is 29.3 Å². The zero-order chi connectivity index (χ0) is 90.5. The summed E-state index contributed by atoms with van der Waals surface area (Å²) in [5.41, 5.74) is 23.8. The molecule has 0 amide bonds. The molecule has 0 aliphatic carbocycles. The van der Waals surface area contributed by atoms with Crippen LogP contribution in [0, 0.1) is 51.5 Å². The van der Waals surface area contributed by atoms with E-state index in [9.17, 15) is 0 Å². The van der Waals surface area contributed by atoms with Crippen LogP contribution < -0.4 is 39.6 Å². The molecule has 0 saturated heterocycles. The fraction of sp³-hybridized carbons (Fsp3) is 0.583. The maximum absolute atomic E-state index is 6.12. The Balaban J connectivity index is -0.000000245. The second-order valence-corrected chi connectivity index (χ2v) is 54.7. The summed E-state index contributed by atoms with van der Waals surface area (Å²) in [6.45, 7) is 98.1. The molecule has 0 spiro atoms. The minimum Gasteiger partial charge on any atom is -0.496 e. The van der Waals surface area contributed by atoms with Crippen LogP contribution in [0.25, 0.3) is 33.4 Å². The Labute approximate surface area is 831 Å². The zero-order valence-corrected chi connectivity index (χ0v) is 99.2. The number of aryl methyl sites for hydroxylation is 2. The molecular weight excluding hydrogens is 1870 g/mol. The number of methoxy groups -OCH3 is 5. The Morgan fingerprint density at radius 2 is 0.444 bits per heavy atom. The molecule has 0 unspecified atom stereocenters. The maximum atomic E-state index is 6.12. The van der Waals surface area contributed by atoms with Crippen molar-refractivity contribution in [1.82, 2.24) is 0 Å². The summed E-state index contributed by atoms with van der Waals surface area (Å²) in [7, 11) is 5.82. The molecule has 7 rings (SSSR count). The van der Waals surface area contributed by atoms with Crippen molar-refractivity contribution in [1.29, 1.82) is 0 Å². The molecule has 0 radical (unpaired) electrons. The number of unbranched alkanes of at least 4 members (excludes halogenated alkanes) is 1. The SMILES string of the molecule is CCC.CCCC.CCCc1ccccc1.COc1ccc(C)c(-c2c(C(C)C)cc(C(C)C)cc2C(C)C)c1[PH+](C(C)(C)C)C(C)(C)C.COc1ccc(OC)c([PH+](C(C)(C)C)C(C)(C)C)c1-c1c(C(C)C)cc(C(C)C)cc1C(C)C.COc1ccc(OC)c([PH+](C(C)(C)C)C(C)(C)C)c1-c1c(C(C)C)cc(C(C)C)cc1C(C)C.[CH3-].[CH3-].[CH3-].[CH3-].[CH3-].[CH3-].[Pd+2].[Pd+2].[Pd+2]. The Kier molecular flexibility index (Phi) is 66.9. The van der Waals surface area contributed by atoms with Gasteiger partial charge in [-0.2, -0.15) is 0 Å². The van der Waals surface area contributed by atoms with Gasteiger partial charge >= 0.3 is 61.3 Å². The first kappa shape index (κ1) is 138. The van der Waals surface area contributed by atoms with Crippen molar-refractivity contribution in [3.8, 4) is 62.1 Å². The third-order valence-electron chi connectivity index (χ3n) is 22.0. The standard InChI is InChI=1S/2C31H49O2P.C31H49OP.C9H12.C4H10.C3H8.6CH3.3Pd/c2*1-19(2)22-17-23(20(3)4)27(24(18-22)21(5)6)28-25(32-13)15-16-26(33-14)29(28)34(30(7,8)9)31(10,11)12;1-19(2)23-17-24(20(3)4)28(25(18-23)21(5)6)27-22(7)15-16-26(32-14)29(27)33(30(8,9)10)31(11,12)13;1-2-6-9-7-4-3-5-8-9;1-3-4-2;1-3-2;;;;;;;;;/h2*15-21H,1-14H3;15-21H,1-14H3;3-5,7-8H,2,6H2,1H3;3-4H2,1-2H3;3H2,1-2H3;6*1H3;;;/q;;;;;;6*-1;3*+2/p+3. The quantitative estimate of drug-likeness (QED) is 0.0363. The summed E-state index contributed by atoms with van der Waals surface area (Å²) in [5.74, 6) is 8.94. The maximum Gasteiger partial charge on any atom is 2.00 e. The Hall–Kier alpha value is -3.18. The molecular formula is C115H198O5P3Pd3+3. The van der Waals surface area contributed by atoms with E-state index in [2.05, 4.69) is 394 Å². The van der Waals surface area contributed by atoms with Crippen LogP contribution in [0.4, 0.5) is 0 Å². The van der Waals surface area contributed by atoms with Crippen molar-refractivity contribution in [3.63, 3.8) is 0 Å². The largest absolute Gasteiger partial charge is 2.00 e. The molecule has 0 heterocycles. The van der Waals surface area contributed by atoms with Crippen LogP contribution in [-0.2, 0) is 67.7 Å². The number of ether oxygens (including phenoxy) is 5. The van der Waals surface area contributed by atoms with E-state index >= 15 is 0 Å². The molecule has 11 heteroatoms. The van der Waals surface area contributed by atoms with Crippen LogP contribution >= 0.6 is 23.8 Å². The van der Waals surface area contributed by atoms with Crippen molar-refractivity contribution in [2.75, 3.05) is 35.5 Å². The summed E-state index contributed by atoms with van der Waals surface area (Å²) in [6, 6.07) is 38.2. The molecule has 0 fully saturated rings. The first-order valence-electron chi connectivity index (χ1n) is 45.3. The third kappa shape index (κ3) is 37.9. The van der Waals surface area contributed by atoms with Crippen molar-refractivity contribution in [2.45, 2.75) is 407 Å². The minimum atomic E-state index is -1.12. The van der Waals surface area contributed by atoms with Gasteiger partial charge in [-0.25, -0.2) is 0 Å². The van der Waals surface area contributed by atoms with Gasteiger partial charge in [0.05, 0.1) is 77.6 Å². The van der Waals surface area contributed by atoms with Gasteiger partial charge in [-0.3, -0.25) is 0 Å². The molecule has 0 bridgehead atoms. The second kappa shape index (κ2) is 60.9. The molecule has 0 N–H and O–H groups in total. The molecule has 0 aliphatic heterocycles. The van der Waals surface area contributed by atoms with Gasteiger partial charge in [-0.05, 0) is 299 Å².